The molecule has 1 aliphatic carbocycles. The maximum Gasteiger partial charge on any atom is 0.136 e. The predicted molar refractivity (Wildman–Crippen MR) is 89.2 cm³/mol. The molecule has 0 atom stereocenters. The molecule has 1 N–H and O–H groups in total. The normalized spacial score (nSPS) is 19.0. The highest BCUT2D eigenvalue weighted by molar-refractivity contribution is 6.02. The Labute approximate surface area is 126 Å². The van der Waals surface area contributed by atoms with Crippen molar-refractivity contribution in [2.75, 3.05) is 23.3 Å². The van der Waals surface area contributed by atoms with Gasteiger partial charge in [0.15, 0.2) is 0 Å². The van der Waals surface area contributed by atoms with E-state index >= 15 is 0 Å². The summed E-state index contributed by atoms with van der Waals surface area (Å²) in [6.45, 7) is 4.50. The average molecular weight is 281 g/mol. The van der Waals surface area contributed by atoms with Crippen LogP contribution in [0.25, 0.3) is 10.8 Å². The van der Waals surface area contributed by atoms with Crippen LogP contribution in [0, 0.1) is 6.92 Å². The van der Waals surface area contributed by atoms with Crippen LogP contribution in [-0.2, 0) is 0 Å². The van der Waals surface area contributed by atoms with Crippen molar-refractivity contribution in [1.29, 1.82) is 0 Å². The fourth-order valence-corrected chi connectivity index (χ4v) is 3.39. The molecule has 1 aliphatic heterocycles. The second-order valence-electron chi connectivity index (χ2n) is 6.46. The zero-order chi connectivity index (χ0) is 14.2. The summed E-state index contributed by atoms with van der Waals surface area (Å²) >= 11 is 0. The lowest BCUT2D eigenvalue weighted by molar-refractivity contribution is 0.575. The topological polar surface area (TPSA) is 28.2 Å². The van der Waals surface area contributed by atoms with Crippen LogP contribution in [-0.4, -0.2) is 24.1 Å². The third kappa shape index (κ3) is 2.45. The summed E-state index contributed by atoms with van der Waals surface area (Å²) in [6, 6.07) is 7.27. The molecule has 2 aromatic rings. The van der Waals surface area contributed by atoms with Crippen LogP contribution in [0.2, 0.25) is 0 Å². The van der Waals surface area contributed by atoms with Crippen LogP contribution in [0.15, 0.2) is 24.4 Å². The molecule has 2 aliphatic rings. The Hall–Kier alpha value is -1.77. The lowest BCUT2D eigenvalue weighted by Gasteiger charge is -2.29. The van der Waals surface area contributed by atoms with Gasteiger partial charge in [-0.3, -0.25) is 0 Å². The number of anilines is 2. The number of nitrogens with one attached hydrogen (secondary N) is 1. The van der Waals surface area contributed by atoms with E-state index in [9.17, 15) is 0 Å². The second-order valence-corrected chi connectivity index (χ2v) is 6.46. The van der Waals surface area contributed by atoms with Gasteiger partial charge in [-0.25, -0.2) is 4.98 Å². The maximum atomic E-state index is 4.82. The molecule has 4 rings (SSSR count). The van der Waals surface area contributed by atoms with Crippen molar-refractivity contribution < 1.29 is 0 Å². The second kappa shape index (κ2) is 5.21. The molecule has 1 saturated carbocycles. The van der Waals surface area contributed by atoms with E-state index in [0.29, 0.717) is 6.04 Å². The third-order valence-corrected chi connectivity index (χ3v) is 4.69. The fraction of sp³-hybridized carbons (Fsp3) is 0.500. The van der Waals surface area contributed by atoms with Crippen LogP contribution in [0.5, 0.6) is 0 Å². The Kier molecular flexibility index (Phi) is 3.21. The lowest BCUT2D eigenvalue weighted by Crippen LogP contribution is -2.30. The van der Waals surface area contributed by atoms with E-state index in [4.69, 9.17) is 4.98 Å². The predicted octanol–water partition coefficient (Wildman–Crippen LogP) is 4.11. The Bertz CT molecular complexity index is 655. The van der Waals surface area contributed by atoms with Crippen molar-refractivity contribution in [3.05, 3.63) is 30.0 Å². The van der Waals surface area contributed by atoms with Gasteiger partial charge in [0, 0.05) is 29.9 Å². The number of rotatable bonds is 3. The number of pyridine rings is 1. The molecule has 2 heterocycles. The summed E-state index contributed by atoms with van der Waals surface area (Å²) in [5.74, 6) is 1.18. The largest absolute Gasteiger partial charge is 0.381 e. The molecular weight excluding hydrogens is 258 g/mol. The Morgan fingerprint density at radius 3 is 2.71 bits per heavy atom. The number of aryl methyl sites for hydroxylation is 1. The van der Waals surface area contributed by atoms with E-state index in [1.807, 2.05) is 0 Å². The van der Waals surface area contributed by atoms with Gasteiger partial charge in [0.2, 0.25) is 0 Å². The minimum absolute atomic E-state index is 0.662. The first kappa shape index (κ1) is 12.9. The van der Waals surface area contributed by atoms with Crippen molar-refractivity contribution in [2.45, 2.75) is 45.1 Å². The first-order chi connectivity index (χ1) is 10.3. The molecule has 0 radical (unpaired) electrons. The van der Waals surface area contributed by atoms with Crippen LogP contribution in [0.1, 0.15) is 37.7 Å². The monoisotopic (exact) mass is 281 g/mol. The molecule has 0 unspecified atom stereocenters. The molecule has 3 heteroatoms. The lowest BCUT2D eigenvalue weighted by atomic mass is 10.0. The number of hydrogen-bond donors (Lipinski definition) is 1. The number of fused-ring (bicyclic) bond motifs is 1. The highest BCUT2D eigenvalue weighted by atomic mass is 15.2. The summed E-state index contributed by atoms with van der Waals surface area (Å²) < 4.78 is 0. The molecular formula is C18H23N3. The van der Waals surface area contributed by atoms with Crippen molar-refractivity contribution >= 4 is 22.3 Å². The van der Waals surface area contributed by atoms with Gasteiger partial charge in [0.05, 0.1) is 11.9 Å². The SMILES string of the molecule is Cc1cccc2c(N3CCCCC3)ncc(NC3CC3)c12. The minimum Gasteiger partial charge on any atom is -0.381 e. The van der Waals surface area contributed by atoms with Gasteiger partial charge in [0.1, 0.15) is 5.82 Å². The van der Waals surface area contributed by atoms with E-state index < -0.39 is 0 Å². The molecule has 110 valence electrons. The van der Waals surface area contributed by atoms with Gasteiger partial charge in [-0.05, 0) is 44.6 Å². The van der Waals surface area contributed by atoms with Crippen LogP contribution in [0.4, 0.5) is 11.5 Å². The number of nitrogens with zero attached hydrogens (tertiary/aromatic N) is 2. The summed E-state index contributed by atoms with van der Waals surface area (Å²) in [4.78, 5) is 7.28. The van der Waals surface area contributed by atoms with Crippen molar-refractivity contribution in [3.63, 3.8) is 0 Å². The van der Waals surface area contributed by atoms with Gasteiger partial charge < -0.3 is 10.2 Å². The maximum absolute atomic E-state index is 4.82. The Morgan fingerprint density at radius 2 is 1.95 bits per heavy atom. The smallest absolute Gasteiger partial charge is 0.136 e. The highest BCUT2D eigenvalue weighted by Crippen LogP contribution is 2.35. The number of aromatic nitrogens is 1. The molecule has 2 fully saturated rings. The average Bonchev–Trinajstić information content (AvgIpc) is 3.32. The zero-order valence-electron chi connectivity index (χ0n) is 12.7. The molecule has 0 bridgehead atoms. The van der Waals surface area contributed by atoms with Gasteiger partial charge in [-0.2, -0.15) is 0 Å². The molecule has 3 nitrogen and oxygen atoms in total. The van der Waals surface area contributed by atoms with Crippen molar-refractivity contribution in [1.82, 2.24) is 4.98 Å². The number of piperidine rings is 1. The molecule has 0 spiro atoms. The summed E-state index contributed by atoms with van der Waals surface area (Å²) in [5, 5.41) is 6.32. The van der Waals surface area contributed by atoms with E-state index in [0.717, 1.165) is 13.1 Å². The highest BCUT2D eigenvalue weighted by Gasteiger charge is 2.23. The van der Waals surface area contributed by atoms with Gasteiger partial charge in [0.25, 0.3) is 0 Å². The number of hydrogen-bond acceptors (Lipinski definition) is 3. The molecule has 1 saturated heterocycles. The third-order valence-electron chi connectivity index (χ3n) is 4.69. The summed E-state index contributed by atoms with van der Waals surface area (Å²) in [5.41, 5.74) is 2.56. The molecule has 0 amide bonds. The molecule has 1 aromatic carbocycles. The summed E-state index contributed by atoms with van der Waals surface area (Å²) in [7, 11) is 0. The Balaban J connectivity index is 1.82. The fourth-order valence-electron chi connectivity index (χ4n) is 3.39. The van der Waals surface area contributed by atoms with Gasteiger partial charge in [-0.15, -0.1) is 0 Å². The Morgan fingerprint density at radius 1 is 1.14 bits per heavy atom. The zero-order valence-corrected chi connectivity index (χ0v) is 12.7. The minimum atomic E-state index is 0.662. The number of benzene rings is 1. The van der Waals surface area contributed by atoms with Crippen LogP contribution < -0.4 is 10.2 Å². The van der Waals surface area contributed by atoms with Gasteiger partial charge >= 0.3 is 0 Å². The standard InChI is InChI=1S/C18H23N3/c1-13-6-5-7-15-17(13)16(20-14-8-9-14)12-19-18(15)21-10-3-2-4-11-21/h5-7,12,14,20H,2-4,8-11H2,1H3. The van der Waals surface area contributed by atoms with E-state index in [-0.39, 0.29) is 0 Å². The first-order valence-corrected chi connectivity index (χ1v) is 8.23. The van der Waals surface area contributed by atoms with E-state index in [1.165, 1.54) is 59.9 Å². The summed E-state index contributed by atoms with van der Waals surface area (Å²) in [6.07, 6.45) is 8.57. The molecule has 21 heavy (non-hydrogen) atoms. The van der Waals surface area contributed by atoms with Gasteiger partial charge in [-0.1, -0.05) is 18.2 Å². The van der Waals surface area contributed by atoms with Crippen molar-refractivity contribution in [2.24, 2.45) is 0 Å². The quantitative estimate of drug-likeness (QED) is 0.917. The van der Waals surface area contributed by atoms with Crippen LogP contribution >= 0.6 is 0 Å². The van der Waals surface area contributed by atoms with Crippen LogP contribution in [0.3, 0.4) is 0 Å². The van der Waals surface area contributed by atoms with E-state index in [2.05, 4.69) is 41.5 Å². The van der Waals surface area contributed by atoms with Crippen molar-refractivity contribution in [3.8, 4) is 0 Å². The molecule has 1 aromatic heterocycles. The first-order valence-electron chi connectivity index (χ1n) is 8.23. The van der Waals surface area contributed by atoms with E-state index in [1.54, 1.807) is 0 Å².